The molecule has 0 spiro atoms. The molecule has 1 fully saturated rings. The lowest BCUT2D eigenvalue weighted by atomic mass is 9.90. The molecule has 0 heterocycles. The van der Waals surface area contributed by atoms with Gasteiger partial charge in [0, 0.05) is 26.2 Å². The lowest BCUT2D eigenvalue weighted by Gasteiger charge is -2.32. The first kappa shape index (κ1) is 43.1. The maximum Gasteiger partial charge on any atom is 0.412 e. The molecule has 308 valence electrons. The minimum atomic E-state index is -0.473. The number of hydrogen-bond donors (Lipinski definition) is 6. The monoisotopic (exact) mass is 790 g/mol. The SMILES string of the molecule is O=C(NCCCCCCNC(=O)Oc1ccc(-c2ccccc2)cc1)N[C@@H]1CCCC[C@H]1NC(=O)NCCCCCCNC(=O)Oc1ccc(-c2ccccc2)cc1. The molecule has 0 aromatic heterocycles. The molecule has 4 aromatic rings. The van der Waals surface area contributed by atoms with Crippen LogP contribution in [0.2, 0.25) is 0 Å². The van der Waals surface area contributed by atoms with Crippen LogP contribution in [0.1, 0.15) is 77.0 Å². The van der Waals surface area contributed by atoms with Crippen LogP contribution in [-0.2, 0) is 0 Å². The van der Waals surface area contributed by atoms with Gasteiger partial charge in [-0.05, 0) is 85.0 Å². The van der Waals surface area contributed by atoms with Crippen LogP contribution >= 0.6 is 0 Å². The molecule has 1 aliphatic carbocycles. The highest BCUT2D eigenvalue weighted by molar-refractivity contribution is 5.76. The summed E-state index contributed by atoms with van der Waals surface area (Å²) in [5, 5.41) is 17.6. The molecule has 0 saturated heterocycles. The van der Waals surface area contributed by atoms with E-state index in [1.54, 1.807) is 24.3 Å². The molecule has 2 atom stereocenters. The molecular formula is C46H58N6O6. The minimum absolute atomic E-state index is 0.125. The lowest BCUT2D eigenvalue weighted by Crippen LogP contribution is -2.56. The molecular weight excluding hydrogens is 733 g/mol. The van der Waals surface area contributed by atoms with Gasteiger partial charge in [0.1, 0.15) is 11.5 Å². The minimum Gasteiger partial charge on any atom is -0.410 e. The third-order valence-corrected chi connectivity index (χ3v) is 10.1. The van der Waals surface area contributed by atoms with E-state index >= 15 is 0 Å². The summed E-state index contributed by atoms with van der Waals surface area (Å²) in [6.07, 6.45) is 9.64. The average Bonchev–Trinajstić information content (AvgIpc) is 3.24. The maximum atomic E-state index is 12.6. The Morgan fingerprint density at radius 2 is 0.741 bits per heavy atom. The number of unbranched alkanes of at least 4 members (excludes halogenated alkanes) is 6. The first-order valence-corrected chi connectivity index (χ1v) is 20.7. The highest BCUT2D eigenvalue weighted by Gasteiger charge is 2.27. The molecule has 5 rings (SSSR count). The van der Waals surface area contributed by atoms with E-state index in [0.29, 0.717) is 37.7 Å². The van der Waals surface area contributed by atoms with E-state index in [2.05, 4.69) is 31.9 Å². The zero-order valence-electron chi connectivity index (χ0n) is 33.3. The summed E-state index contributed by atoms with van der Waals surface area (Å²) in [6.45, 7) is 2.14. The molecule has 6 amide bonds. The third kappa shape index (κ3) is 15.8. The van der Waals surface area contributed by atoms with E-state index in [0.717, 1.165) is 99.3 Å². The van der Waals surface area contributed by atoms with E-state index in [4.69, 9.17) is 9.47 Å². The van der Waals surface area contributed by atoms with E-state index in [1.807, 2.05) is 84.9 Å². The van der Waals surface area contributed by atoms with Gasteiger partial charge in [-0.1, -0.05) is 123 Å². The van der Waals surface area contributed by atoms with Crippen molar-refractivity contribution in [2.45, 2.75) is 89.1 Å². The highest BCUT2D eigenvalue weighted by Crippen LogP contribution is 2.23. The van der Waals surface area contributed by atoms with Crippen LogP contribution in [0.15, 0.2) is 109 Å². The normalized spacial score (nSPS) is 14.7. The summed E-state index contributed by atoms with van der Waals surface area (Å²) in [7, 11) is 0. The first-order chi connectivity index (χ1) is 28.4. The van der Waals surface area contributed by atoms with Gasteiger partial charge in [0.05, 0.1) is 12.1 Å². The van der Waals surface area contributed by atoms with E-state index in [9.17, 15) is 19.2 Å². The number of carbonyl (C=O) groups excluding carboxylic acids is 4. The van der Waals surface area contributed by atoms with Crippen LogP contribution < -0.4 is 41.4 Å². The van der Waals surface area contributed by atoms with Crippen LogP contribution in [0.25, 0.3) is 22.3 Å². The Hall–Kier alpha value is -6.04. The number of benzene rings is 4. The lowest BCUT2D eigenvalue weighted by molar-refractivity contribution is 0.199. The Balaban J connectivity index is 0.832. The number of rotatable bonds is 20. The summed E-state index contributed by atoms with van der Waals surface area (Å²) in [5.41, 5.74) is 4.32. The van der Waals surface area contributed by atoms with Crippen molar-refractivity contribution in [3.8, 4) is 33.8 Å². The fourth-order valence-electron chi connectivity index (χ4n) is 6.89. The molecule has 12 heteroatoms. The predicted molar refractivity (Wildman–Crippen MR) is 228 cm³/mol. The van der Waals surface area contributed by atoms with Gasteiger partial charge in [0.2, 0.25) is 0 Å². The Labute approximate surface area is 342 Å². The molecule has 1 saturated carbocycles. The fourth-order valence-corrected chi connectivity index (χ4v) is 6.89. The number of amides is 6. The van der Waals surface area contributed by atoms with Crippen molar-refractivity contribution in [3.05, 3.63) is 109 Å². The van der Waals surface area contributed by atoms with Crippen LogP contribution in [-0.4, -0.2) is 62.5 Å². The van der Waals surface area contributed by atoms with Crippen molar-refractivity contribution < 1.29 is 28.7 Å². The summed E-state index contributed by atoms with van der Waals surface area (Å²) in [6, 6.07) is 34.2. The number of carbonyl (C=O) groups is 4. The van der Waals surface area contributed by atoms with Crippen LogP contribution in [0, 0.1) is 0 Å². The van der Waals surface area contributed by atoms with Crippen LogP contribution in [0.5, 0.6) is 11.5 Å². The first-order valence-electron chi connectivity index (χ1n) is 20.7. The molecule has 0 radical (unpaired) electrons. The Morgan fingerprint density at radius 3 is 1.10 bits per heavy atom. The zero-order chi connectivity index (χ0) is 40.6. The topological polar surface area (TPSA) is 159 Å². The third-order valence-electron chi connectivity index (χ3n) is 10.1. The van der Waals surface area contributed by atoms with Crippen molar-refractivity contribution in [3.63, 3.8) is 0 Å². The van der Waals surface area contributed by atoms with Crippen LogP contribution in [0.4, 0.5) is 19.2 Å². The van der Waals surface area contributed by atoms with Gasteiger partial charge in [-0.3, -0.25) is 0 Å². The summed E-state index contributed by atoms with van der Waals surface area (Å²) in [5.74, 6) is 0.988. The summed E-state index contributed by atoms with van der Waals surface area (Å²) >= 11 is 0. The van der Waals surface area contributed by atoms with Crippen molar-refractivity contribution in [2.75, 3.05) is 26.2 Å². The average molecular weight is 791 g/mol. The van der Waals surface area contributed by atoms with Gasteiger partial charge in [0.25, 0.3) is 0 Å². The fraction of sp³-hybridized carbons (Fsp3) is 0.391. The van der Waals surface area contributed by atoms with E-state index < -0.39 is 12.2 Å². The predicted octanol–water partition coefficient (Wildman–Crippen LogP) is 8.93. The number of hydrogen-bond acceptors (Lipinski definition) is 6. The summed E-state index contributed by atoms with van der Waals surface area (Å²) < 4.78 is 10.8. The van der Waals surface area contributed by atoms with Gasteiger partial charge in [0.15, 0.2) is 0 Å². The Morgan fingerprint density at radius 1 is 0.414 bits per heavy atom. The Bertz CT molecular complexity index is 1690. The van der Waals surface area contributed by atoms with E-state index in [-0.39, 0.29) is 24.1 Å². The second-order valence-corrected chi connectivity index (χ2v) is 14.5. The molecule has 0 unspecified atom stereocenters. The molecule has 4 aromatic carbocycles. The number of urea groups is 2. The maximum absolute atomic E-state index is 12.6. The van der Waals surface area contributed by atoms with Gasteiger partial charge in [-0.15, -0.1) is 0 Å². The molecule has 6 N–H and O–H groups in total. The Kier molecular flexibility index (Phi) is 18.2. The van der Waals surface area contributed by atoms with Crippen molar-refractivity contribution >= 4 is 24.2 Å². The largest absolute Gasteiger partial charge is 0.412 e. The van der Waals surface area contributed by atoms with Crippen molar-refractivity contribution in [1.29, 1.82) is 0 Å². The number of ether oxygens (including phenoxy) is 2. The van der Waals surface area contributed by atoms with Crippen molar-refractivity contribution in [2.24, 2.45) is 0 Å². The van der Waals surface area contributed by atoms with Gasteiger partial charge in [-0.2, -0.15) is 0 Å². The van der Waals surface area contributed by atoms with Gasteiger partial charge < -0.3 is 41.4 Å². The molecule has 0 aliphatic heterocycles. The van der Waals surface area contributed by atoms with Crippen molar-refractivity contribution in [1.82, 2.24) is 31.9 Å². The second kappa shape index (κ2) is 24.6. The zero-order valence-corrected chi connectivity index (χ0v) is 33.3. The standard InChI is InChI=1S/C46H58N6O6/c53-43(47-31-13-1-3-15-33-49-45(55)57-39-27-23-37(24-28-39)35-17-7-5-8-18-35)51-41-21-11-12-22-42(41)52-44(54)48-32-14-2-4-16-34-50-46(56)58-40-29-25-38(26-30-40)36-19-9-6-10-20-36/h5-10,17-20,23-30,41-42H,1-4,11-16,21-22,31-34H2,(H,49,55)(H,50,56)(H2,47,51,53)(H2,48,52,54)/t41-,42-/m1/s1. The highest BCUT2D eigenvalue weighted by atomic mass is 16.6. The summed E-state index contributed by atoms with van der Waals surface area (Å²) in [4.78, 5) is 49.7. The van der Waals surface area contributed by atoms with Crippen LogP contribution in [0.3, 0.4) is 0 Å². The number of nitrogens with one attached hydrogen (secondary N) is 6. The smallest absolute Gasteiger partial charge is 0.410 e. The van der Waals surface area contributed by atoms with Gasteiger partial charge in [-0.25, -0.2) is 19.2 Å². The molecule has 58 heavy (non-hydrogen) atoms. The molecule has 12 nitrogen and oxygen atoms in total. The quantitative estimate of drug-likeness (QED) is 0.0491. The van der Waals surface area contributed by atoms with Gasteiger partial charge >= 0.3 is 24.2 Å². The molecule has 0 bridgehead atoms. The molecule has 1 aliphatic rings. The van der Waals surface area contributed by atoms with E-state index in [1.165, 1.54) is 0 Å². The second-order valence-electron chi connectivity index (χ2n) is 14.5.